The van der Waals surface area contributed by atoms with Crippen LogP contribution in [-0.2, 0) is 26.3 Å². The molecule has 2 atom stereocenters. The number of carbonyl (C=O) groups is 3. The number of amides is 3. The van der Waals surface area contributed by atoms with Crippen molar-refractivity contribution in [3.05, 3.63) is 101 Å². The minimum absolute atomic E-state index is 0.0348. The lowest BCUT2D eigenvalue weighted by Crippen LogP contribution is -2.43. The molecule has 2 fully saturated rings. The number of halogens is 2. The van der Waals surface area contributed by atoms with Crippen molar-refractivity contribution >= 4 is 17.7 Å². The summed E-state index contributed by atoms with van der Waals surface area (Å²) in [7, 11) is 0. The van der Waals surface area contributed by atoms with Gasteiger partial charge >= 0.3 is 0 Å². The molecule has 184 valence electrons. The SMILES string of the molecule is O=C(C[C@]1(c2cccc(F)c2)CC(=O)N(Cc2cccnc2)C1=O)N1CC[C@H](c2ccc(F)cc2)C1. The zero-order chi connectivity index (χ0) is 25.3. The van der Waals surface area contributed by atoms with Crippen molar-refractivity contribution in [2.45, 2.75) is 37.1 Å². The lowest BCUT2D eigenvalue weighted by molar-refractivity contribution is -0.143. The molecular weight excluding hydrogens is 464 g/mol. The van der Waals surface area contributed by atoms with Gasteiger partial charge in [-0.1, -0.05) is 30.3 Å². The molecule has 0 radical (unpaired) electrons. The van der Waals surface area contributed by atoms with Crippen LogP contribution in [0.15, 0.2) is 73.1 Å². The van der Waals surface area contributed by atoms with Crippen LogP contribution in [-0.4, -0.2) is 45.6 Å². The van der Waals surface area contributed by atoms with Gasteiger partial charge in [0.2, 0.25) is 17.7 Å². The van der Waals surface area contributed by atoms with E-state index in [2.05, 4.69) is 4.98 Å². The number of aromatic nitrogens is 1. The molecule has 2 aliphatic heterocycles. The maximum atomic E-state index is 14.2. The van der Waals surface area contributed by atoms with E-state index in [0.717, 1.165) is 10.5 Å². The summed E-state index contributed by atoms with van der Waals surface area (Å²) in [6, 6.07) is 15.3. The van der Waals surface area contributed by atoms with Crippen molar-refractivity contribution in [1.29, 1.82) is 0 Å². The van der Waals surface area contributed by atoms with Gasteiger partial charge in [-0.25, -0.2) is 8.78 Å². The smallest absolute Gasteiger partial charge is 0.241 e. The monoisotopic (exact) mass is 489 g/mol. The summed E-state index contributed by atoms with van der Waals surface area (Å²) in [6.45, 7) is 0.958. The molecule has 0 unspecified atom stereocenters. The number of likely N-dealkylation sites (tertiary alicyclic amines) is 2. The highest BCUT2D eigenvalue weighted by molar-refractivity contribution is 6.10. The third-order valence-electron chi connectivity index (χ3n) is 7.18. The fraction of sp³-hybridized carbons (Fsp3) is 0.286. The topological polar surface area (TPSA) is 70.6 Å². The number of hydrogen-bond donors (Lipinski definition) is 0. The van der Waals surface area contributed by atoms with Crippen LogP contribution in [0.25, 0.3) is 0 Å². The zero-order valence-corrected chi connectivity index (χ0v) is 19.6. The molecule has 0 saturated carbocycles. The summed E-state index contributed by atoms with van der Waals surface area (Å²) in [5.41, 5.74) is 0.465. The van der Waals surface area contributed by atoms with Crippen molar-refractivity contribution in [2.75, 3.05) is 13.1 Å². The van der Waals surface area contributed by atoms with E-state index in [4.69, 9.17) is 0 Å². The van der Waals surface area contributed by atoms with E-state index < -0.39 is 23.0 Å². The number of pyridine rings is 1. The number of benzene rings is 2. The van der Waals surface area contributed by atoms with E-state index in [-0.39, 0.29) is 37.0 Å². The first-order valence-electron chi connectivity index (χ1n) is 11.9. The number of nitrogens with zero attached hydrogens (tertiary/aromatic N) is 3. The lowest BCUT2D eigenvalue weighted by Gasteiger charge is -2.29. The van der Waals surface area contributed by atoms with Crippen LogP contribution in [0.1, 0.15) is 41.9 Å². The average molecular weight is 490 g/mol. The maximum Gasteiger partial charge on any atom is 0.241 e. The molecule has 5 rings (SSSR count). The lowest BCUT2D eigenvalue weighted by atomic mass is 9.75. The quantitative estimate of drug-likeness (QED) is 0.492. The van der Waals surface area contributed by atoms with Gasteiger partial charge < -0.3 is 4.90 Å². The second kappa shape index (κ2) is 9.60. The van der Waals surface area contributed by atoms with Gasteiger partial charge in [-0.2, -0.15) is 0 Å². The van der Waals surface area contributed by atoms with E-state index >= 15 is 0 Å². The Morgan fingerprint density at radius 3 is 2.56 bits per heavy atom. The molecule has 8 heteroatoms. The van der Waals surface area contributed by atoms with E-state index in [0.29, 0.717) is 30.6 Å². The molecule has 0 aliphatic carbocycles. The van der Waals surface area contributed by atoms with Crippen LogP contribution in [0.4, 0.5) is 8.78 Å². The molecule has 2 aromatic carbocycles. The van der Waals surface area contributed by atoms with E-state index in [1.807, 2.05) is 0 Å². The average Bonchev–Trinajstić information content (AvgIpc) is 3.46. The number of hydrogen-bond acceptors (Lipinski definition) is 4. The molecule has 36 heavy (non-hydrogen) atoms. The summed E-state index contributed by atoms with van der Waals surface area (Å²) in [5, 5.41) is 0. The van der Waals surface area contributed by atoms with Crippen molar-refractivity contribution in [1.82, 2.24) is 14.8 Å². The molecule has 3 amide bonds. The Morgan fingerprint density at radius 1 is 1.03 bits per heavy atom. The minimum Gasteiger partial charge on any atom is -0.342 e. The van der Waals surface area contributed by atoms with Gasteiger partial charge in [0, 0.05) is 44.2 Å². The maximum absolute atomic E-state index is 14.2. The highest BCUT2D eigenvalue weighted by Gasteiger charge is 2.54. The first-order chi connectivity index (χ1) is 17.4. The van der Waals surface area contributed by atoms with Crippen LogP contribution in [0.5, 0.6) is 0 Å². The highest BCUT2D eigenvalue weighted by Crippen LogP contribution is 2.42. The van der Waals surface area contributed by atoms with Crippen LogP contribution < -0.4 is 0 Å². The molecule has 2 aliphatic rings. The summed E-state index contributed by atoms with van der Waals surface area (Å²) in [5.74, 6) is -1.99. The standard InChI is InChI=1S/C28H25F2N3O3/c29-23-8-6-20(7-9-23)21-10-12-32(18-21)25(34)14-28(22-4-1-5-24(30)13-22)15-26(35)33(27(28)36)17-19-3-2-11-31-16-19/h1-9,11,13,16,21H,10,12,14-15,17-18H2/t21-,28+/m0/s1. The van der Waals surface area contributed by atoms with Gasteiger partial charge in [0.1, 0.15) is 11.6 Å². The van der Waals surface area contributed by atoms with Gasteiger partial charge in [0.25, 0.3) is 0 Å². The van der Waals surface area contributed by atoms with E-state index in [9.17, 15) is 23.2 Å². The number of imide groups is 1. The Balaban J connectivity index is 1.40. The Hall–Kier alpha value is -3.94. The fourth-order valence-electron chi connectivity index (χ4n) is 5.25. The Kier molecular flexibility index (Phi) is 6.35. The normalized spacial score (nSPS) is 21.9. The Morgan fingerprint density at radius 2 is 1.83 bits per heavy atom. The Bertz CT molecular complexity index is 1300. The van der Waals surface area contributed by atoms with Gasteiger partial charge in [0.15, 0.2) is 0 Å². The highest BCUT2D eigenvalue weighted by atomic mass is 19.1. The van der Waals surface area contributed by atoms with Gasteiger partial charge in [-0.15, -0.1) is 0 Å². The largest absolute Gasteiger partial charge is 0.342 e. The fourth-order valence-corrected chi connectivity index (χ4v) is 5.25. The molecular formula is C28H25F2N3O3. The summed E-state index contributed by atoms with van der Waals surface area (Å²) < 4.78 is 27.5. The van der Waals surface area contributed by atoms with Gasteiger partial charge in [0.05, 0.1) is 12.0 Å². The minimum atomic E-state index is -1.48. The first-order valence-corrected chi connectivity index (χ1v) is 11.9. The summed E-state index contributed by atoms with van der Waals surface area (Å²) >= 11 is 0. The predicted molar refractivity (Wildman–Crippen MR) is 127 cm³/mol. The molecule has 3 aromatic rings. The van der Waals surface area contributed by atoms with Crippen LogP contribution in [0.3, 0.4) is 0 Å². The van der Waals surface area contributed by atoms with Gasteiger partial charge in [-0.3, -0.25) is 24.3 Å². The summed E-state index contributed by atoms with van der Waals surface area (Å²) in [4.78, 5) is 47.2. The predicted octanol–water partition coefficient (Wildman–Crippen LogP) is 3.96. The van der Waals surface area contributed by atoms with Crippen molar-refractivity contribution in [3.8, 4) is 0 Å². The molecule has 1 aromatic heterocycles. The zero-order valence-electron chi connectivity index (χ0n) is 19.6. The molecule has 3 heterocycles. The van der Waals surface area contributed by atoms with Gasteiger partial charge in [-0.05, 0) is 53.4 Å². The third-order valence-corrected chi connectivity index (χ3v) is 7.18. The molecule has 0 bridgehead atoms. The number of carbonyl (C=O) groups excluding carboxylic acids is 3. The van der Waals surface area contributed by atoms with Crippen LogP contribution in [0, 0.1) is 11.6 Å². The molecule has 6 nitrogen and oxygen atoms in total. The Labute approximate surface area is 207 Å². The number of rotatable bonds is 6. The van der Waals surface area contributed by atoms with Crippen molar-refractivity contribution in [2.24, 2.45) is 0 Å². The second-order valence-electron chi connectivity index (χ2n) is 9.47. The molecule has 0 N–H and O–H groups in total. The van der Waals surface area contributed by atoms with E-state index in [1.54, 1.807) is 47.6 Å². The van der Waals surface area contributed by atoms with Crippen LogP contribution >= 0.6 is 0 Å². The van der Waals surface area contributed by atoms with E-state index in [1.165, 1.54) is 30.3 Å². The van der Waals surface area contributed by atoms with Crippen molar-refractivity contribution in [3.63, 3.8) is 0 Å². The molecule has 2 saturated heterocycles. The van der Waals surface area contributed by atoms with Crippen molar-refractivity contribution < 1.29 is 23.2 Å². The third kappa shape index (κ3) is 4.51. The van der Waals surface area contributed by atoms with Crippen LogP contribution in [0.2, 0.25) is 0 Å². The first kappa shape index (κ1) is 23.8. The molecule has 0 spiro atoms. The second-order valence-corrected chi connectivity index (χ2v) is 9.47. The summed E-state index contributed by atoms with van der Waals surface area (Å²) in [6.07, 6.45) is 3.44.